The normalized spacial score (nSPS) is 13.7. The molecule has 0 amide bonds. The lowest BCUT2D eigenvalue weighted by atomic mass is 9.77. The van der Waals surface area contributed by atoms with Gasteiger partial charge in [-0.1, -0.05) is 185 Å². The van der Waals surface area contributed by atoms with E-state index in [0.717, 1.165) is 17.1 Å². The smallest absolute Gasteiger partial charge is 0.0626 e. The van der Waals surface area contributed by atoms with Crippen molar-refractivity contribution >= 4 is 94.3 Å². The predicted molar refractivity (Wildman–Crippen MR) is 291 cm³/mol. The van der Waals surface area contributed by atoms with Crippen molar-refractivity contribution in [2.24, 2.45) is 0 Å². The quantitative estimate of drug-likeness (QED) is 0.131. The van der Waals surface area contributed by atoms with Gasteiger partial charge in [-0.25, -0.2) is 0 Å². The lowest BCUT2D eigenvalue weighted by Crippen LogP contribution is -2.17. The van der Waals surface area contributed by atoms with Gasteiger partial charge < -0.3 is 9.30 Å². The molecule has 2 heteroatoms. The van der Waals surface area contributed by atoms with E-state index in [0.29, 0.717) is 0 Å². The Kier molecular flexibility index (Phi) is 9.31. The first-order chi connectivity index (χ1) is 32.9. The van der Waals surface area contributed by atoms with Gasteiger partial charge >= 0.3 is 0 Å². The summed E-state index contributed by atoms with van der Waals surface area (Å²) in [5.74, 6) is 0. The molecular weight excluding hydrogens is 809 g/mol. The van der Waals surface area contributed by atoms with E-state index in [9.17, 15) is 0 Å². The zero-order valence-electron chi connectivity index (χ0n) is 38.4. The molecule has 11 aromatic rings. The highest BCUT2D eigenvalue weighted by Crippen LogP contribution is 2.52. The molecule has 0 unspecified atom stereocenters. The van der Waals surface area contributed by atoms with Crippen molar-refractivity contribution in [1.82, 2.24) is 4.40 Å². The van der Waals surface area contributed by atoms with Gasteiger partial charge in [0.2, 0.25) is 0 Å². The fourth-order valence-electron chi connectivity index (χ4n) is 11.7. The lowest BCUT2D eigenvalue weighted by molar-refractivity contribution is 0.656. The van der Waals surface area contributed by atoms with Crippen LogP contribution in [0, 0.1) is 0 Å². The van der Waals surface area contributed by atoms with Crippen LogP contribution in [0.25, 0.3) is 99.5 Å². The molecule has 0 saturated carbocycles. The van der Waals surface area contributed by atoms with Crippen LogP contribution in [0.2, 0.25) is 0 Å². The number of benzene rings is 9. The first-order valence-corrected chi connectivity index (χ1v) is 23.4. The van der Waals surface area contributed by atoms with Crippen molar-refractivity contribution in [3.8, 4) is 22.3 Å². The van der Waals surface area contributed by atoms with Gasteiger partial charge in [-0.3, -0.25) is 0 Å². The topological polar surface area (TPSA) is 7.65 Å². The third-order valence-electron chi connectivity index (χ3n) is 14.5. The van der Waals surface area contributed by atoms with Crippen molar-refractivity contribution in [2.75, 3.05) is 4.90 Å². The summed E-state index contributed by atoms with van der Waals surface area (Å²) in [6, 6.07) is 63.1. The summed E-state index contributed by atoms with van der Waals surface area (Å²) in [5.41, 5.74) is 17.9. The highest BCUT2D eigenvalue weighted by atomic mass is 15.1. The van der Waals surface area contributed by atoms with Crippen molar-refractivity contribution in [1.29, 1.82) is 0 Å². The van der Waals surface area contributed by atoms with Crippen LogP contribution in [-0.2, 0) is 5.41 Å². The molecule has 0 radical (unpaired) electrons. The number of anilines is 3. The molecule has 9 aromatic carbocycles. The number of rotatable bonds is 9. The zero-order valence-corrected chi connectivity index (χ0v) is 38.4. The van der Waals surface area contributed by atoms with Crippen LogP contribution in [-0.4, -0.2) is 4.40 Å². The van der Waals surface area contributed by atoms with Crippen LogP contribution in [0.5, 0.6) is 0 Å². The summed E-state index contributed by atoms with van der Waals surface area (Å²) in [6.45, 7) is 17.3. The van der Waals surface area contributed by atoms with Crippen molar-refractivity contribution in [3.63, 3.8) is 0 Å². The Bertz CT molecular complexity index is 3890. The molecule has 0 fully saturated rings. The average molecular weight is 859 g/mol. The molecule has 0 aliphatic heterocycles. The van der Waals surface area contributed by atoms with E-state index in [-0.39, 0.29) is 5.41 Å². The molecule has 1 aliphatic carbocycles. The van der Waals surface area contributed by atoms with Crippen LogP contribution in [0.15, 0.2) is 213 Å². The van der Waals surface area contributed by atoms with E-state index < -0.39 is 0 Å². The van der Waals surface area contributed by atoms with E-state index >= 15 is 0 Å². The van der Waals surface area contributed by atoms with Crippen molar-refractivity contribution in [2.45, 2.75) is 33.1 Å². The minimum atomic E-state index is -0.190. The molecule has 2 heterocycles. The number of para-hydroxylation sites is 1. The largest absolute Gasteiger partial charge is 0.310 e. The van der Waals surface area contributed by atoms with E-state index in [2.05, 4.69) is 244 Å². The van der Waals surface area contributed by atoms with Crippen molar-refractivity contribution in [3.05, 3.63) is 235 Å². The van der Waals surface area contributed by atoms with Gasteiger partial charge in [0.1, 0.15) is 0 Å². The van der Waals surface area contributed by atoms with Gasteiger partial charge in [-0.05, 0) is 139 Å². The first-order valence-electron chi connectivity index (χ1n) is 23.4. The maximum absolute atomic E-state index is 4.26. The molecule has 0 N–H and O–H groups in total. The Morgan fingerprint density at radius 3 is 1.63 bits per heavy atom. The van der Waals surface area contributed by atoms with E-state index in [1.807, 2.05) is 12.2 Å². The van der Waals surface area contributed by atoms with Gasteiger partial charge in [-0.15, -0.1) is 0 Å². The second kappa shape index (κ2) is 15.5. The highest BCUT2D eigenvalue weighted by molar-refractivity contribution is 6.26. The first kappa shape index (κ1) is 40.3. The maximum Gasteiger partial charge on any atom is 0.0626 e. The van der Waals surface area contributed by atoms with Crippen LogP contribution in [0.3, 0.4) is 0 Å². The fourth-order valence-corrected chi connectivity index (χ4v) is 11.7. The summed E-state index contributed by atoms with van der Waals surface area (Å²) >= 11 is 0. The molecule has 1 aliphatic rings. The summed E-state index contributed by atoms with van der Waals surface area (Å²) in [4.78, 5) is 2.42. The molecule has 0 spiro atoms. The second-order valence-electron chi connectivity index (χ2n) is 18.4. The van der Waals surface area contributed by atoms with Gasteiger partial charge in [0, 0.05) is 44.2 Å². The summed E-state index contributed by atoms with van der Waals surface area (Å²) < 4.78 is 2.42. The van der Waals surface area contributed by atoms with Gasteiger partial charge in [-0.2, -0.15) is 0 Å². The van der Waals surface area contributed by atoms with Gasteiger partial charge in [0.15, 0.2) is 0 Å². The second-order valence-corrected chi connectivity index (χ2v) is 18.4. The molecule has 0 atom stereocenters. The monoisotopic (exact) mass is 858 g/mol. The third kappa shape index (κ3) is 5.89. The number of allylic oxidation sites excluding steroid dienone is 6. The average Bonchev–Trinajstić information content (AvgIpc) is 3.96. The Balaban J connectivity index is 1.03. The van der Waals surface area contributed by atoms with E-state index in [1.54, 1.807) is 0 Å². The zero-order chi connectivity index (χ0) is 45.6. The minimum absolute atomic E-state index is 0.190. The number of hydrogen-bond donors (Lipinski definition) is 0. The lowest BCUT2D eigenvalue weighted by Gasteiger charge is -2.28. The number of hydrogen-bond acceptors (Lipinski definition) is 1. The van der Waals surface area contributed by atoms with Gasteiger partial charge in [0.25, 0.3) is 0 Å². The number of fused-ring (bicyclic) bond motifs is 10. The molecule has 67 heavy (non-hydrogen) atoms. The standard InChI is InChI=1S/C65H50N2/c1-7-18-54-55-26-17-25-48(63(55)65(5,6)59(54)10-4)42-30-34-44(35-31-42)66(45-36-37-53-51-22-12-11-20-49(51)50-21-13-14-23-52(50)58(53)40-45)43-32-28-41(29-33-43)47-38-39-56-46(9-3)60(19-8-2)67-61-27-16-15-24-57(61)62(47)64(56)67/h7-40H,3-4H2,1-2,5-6H3/b18-7-,19-8-. The molecule has 2 aromatic heterocycles. The predicted octanol–water partition coefficient (Wildman–Crippen LogP) is 18.4. The summed E-state index contributed by atoms with van der Waals surface area (Å²) in [5, 5.41) is 11.3. The highest BCUT2D eigenvalue weighted by Gasteiger charge is 2.37. The van der Waals surface area contributed by atoms with E-state index in [4.69, 9.17) is 0 Å². The SMILES string of the molecule is C=CC1=C(/C=C\C)c2cccc(-c3ccc(N(c4ccc(-c5ccc6c(C=C)c(/C=C\C)n7c8ccccc8c5c67)cc4)c4ccc5c6ccccc6c6ccccc6c5c4)cc3)c2C1(C)C. The Morgan fingerprint density at radius 2 is 1.01 bits per heavy atom. The fraction of sp³-hybridized carbons (Fsp3) is 0.0769. The molecule has 0 bridgehead atoms. The molecular formula is C65H50N2. The minimum Gasteiger partial charge on any atom is -0.310 e. The van der Waals surface area contributed by atoms with Crippen LogP contribution in [0.4, 0.5) is 17.1 Å². The Labute approximate surface area is 392 Å². The van der Waals surface area contributed by atoms with Crippen LogP contribution in [0.1, 0.15) is 50.1 Å². The van der Waals surface area contributed by atoms with Crippen LogP contribution < -0.4 is 4.90 Å². The molecule has 0 saturated heterocycles. The number of aromatic nitrogens is 1. The molecule has 2 nitrogen and oxygen atoms in total. The molecule has 320 valence electrons. The molecule has 12 rings (SSSR count). The third-order valence-corrected chi connectivity index (χ3v) is 14.5. The summed E-state index contributed by atoms with van der Waals surface area (Å²) in [7, 11) is 0. The van der Waals surface area contributed by atoms with Gasteiger partial charge in [0.05, 0.1) is 16.7 Å². The Hall–Kier alpha value is -8.20. The number of nitrogens with zero attached hydrogens (tertiary/aromatic N) is 2. The Morgan fingerprint density at radius 1 is 0.478 bits per heavy atom. The van der Waals surface area contributed by atoms with E-state index in [1.165, 1.54) is 115 Å². The van der Waals surface area contributed by atoms with Crippen molar-refractivity contribution < 1.29 is 0 Å². The maximum atomic E-state index is 4.26. The van der Waals surface area contributed by atoms with Crippen LogP contribution >= 0.6 is 0 Å². The summed E-state index contributed by atoms with van der Waals surface area (Å²) in [6.07, 6.45) is 12.7.